The van der Waals surface area contributed by atoms with Crippen molar-refractivity contribution in [2.45, 2.75) is 51.5 Å². The highest BCUT2D eigenvalue weighted by Gasteiger charge is 2.19. The SMILES string of the molecule is Cc1ccccc1CC(=O)Nc1ccnn1C1CCCCC1. The van der Waals surface area contributed by atoms with Gasteiger partial charge in [-0.1, -0.05) is 43.5 Å². The maximum Gasteiger partial charge on any atom is 0.229 e. The summed E-state index contributed by atoms with van der Waals surface area (Å²) < 4.78 is 1.99. The van der Waals surface area contributed by atoms with E-state index in [9.17, 15) is 4.79 Å². The number of carbonyl (C=O) groups excluding carboxylic acids is 1. The van der Waals surface area contributed by atoms with Crippen LogP contribution in [0.1, 0.15) is 49.3 Å². The summed E-state index contributed by atoms with van der Waals surface area (Å²) in [5.74, 6) is 0.845. The first-order chi connectivity index (χ1) is 10.7. The van der Waals surface area contributed by atoms with Gasteiger partial charge < -0.3 is 5.32 Å². The van der Waals surface area contributed by atoms with E-state index in [1.54, 1.807) is 6.20 Å². The van der Waals surface area contributed by atoms with Crippen molar-refractivity contribution in [2.75, 3.05) is 5.32 Å². The number of rotatable bonds is 4. The number of hydrogen-bond acceptors (Lipinski definition) is 2. The minimum atomic E-state index is 0.0202. The Morgan fingerprint density at radius 2 is 2.00 bits per heavy atom. The highest BCUT2D eigenvalue weighted by atomic mass is 16.1. The van der Waals surface area contributed by atoms with Gasteiger partial charge in [-0.05, 0) is 30.9 Å². The second-order valence-corrected chi connectivity index (χ2v) is 6.10. The molecule has 0 atom stereocenters. The summed E-state index contributed by atoms with van der Waals surface area (Å²) >= 11 is 0. The summed E-state index contributed by atoms with van der Waals surface area (Å²) in [7, 11) is 0. The van der Waals surface area contributed by atoms with Crippen molar-refractivity contribution in [3.05, 3.63) is 47.7 Å². The van der Waals surface area contributed by atoms with E-state index in [4.69, 9.17) is 0 Å². The molecule has 0 saturated heterocycles. The van der Waals surface area contributed by atoms with Crippen LogP contribution in [0.2, 0.25) is 0 Å². The molecular weight excluding hydrogens is 274 g/mol. The first kappa shape index (κ1) is 14.8. The van der Waals surface area contributed by atoms with Gasteiger partial charge in [-0.25, -0.2) is 4.68 Å². The van der Waals surface area contributed by atoms with Gasteiger partial charge in [0.25, 0.3) is 0 Å². The molecule has 0 radical (unpaired) electrons. The third-order valence-corrected chi connectivity index (χ3v) is 4.47. The van der Waals surface area contributed by atoms with E-state index in [2.05, 4.69) is 10.4 Å². The molecule has 4 heteroatoms. The van der Waals surface area contributed by atoms with Crippen LogP contribution in [0.25, 0.3) is 0 Å². The Labute approximate surface area is 131 Å². The zero-order valence-electron chi connectivity index (χ0n) is 13.1. The number of amides is 1. The van der Waals surface area contributed by atoms with Crippen LogP contribution in [0.15, 0.2) is 36.5 Å². The normalized spacial score (nSPS) is 15.7. The fourth-order valence-corrected chi connectivity index (χ4v) is 3.20. The highest BCUT2D eigenvalue weighted by Crippen LogP contribution is 2.29. The van der Waals surface area contributed by atoms with Gasteiger partial charge in [0, 0.05) is 6.07 Å². The molecule has 116 valence electrons. The maximum absolute atomic E-state index is 12.3. The Bertz CT molecular complexity index is 641. The molecule has 0 bridgehead atoms. The lowest BCUT2D eigenvalue weighted by Gasteiger charge is -2.23. The number of benzene rings is 1. The average Bonchev–Trinajstić information content (AvgIpc) is 2.98. The van der Waals surface area contributed by atoms with Crippen LogP contribution in [-0.4, -0.2) is 15.7 Å². The molecule has 0 aliphatic heterocycles. The molecule has 1 aliphatic carbocycles. The second kappa shape index (κ2) is 6.77. The van der Waals surface area contributed by atoms with Gasteiger partial charge >= 0.3 is 0 Å². The van der Waals surface area contributed by atoms with Crippen molar-refractivity contribution in [1.82, 2.24) is 9.78 Å². The van der Waals surface area contributed by atoms with Gasteiger partial charge in [-0.15, -0.1) is 0 Å². The Kier molecular flexibility index (Phi) is 4.56. The van der Waals surface area contributed by atoms with Crippen molar-refractivity contribution < 1.29 is 4.79 Å². The van der Waals surface area contributed by atoms with Gasteiger partial charge in [0.05, 0.1) is 18.7 Å². The van der Waals surface area contributed by atoms with Crippen molar-refractivity contribution in [1.29, 1.82) is 0 Å². The number of anilines is 1. The van der Waals surface area contributed by atoms with E-state index in [-0.39, 0.29) is 5.91 Å². The Balaban J connectivity index is 1.67. The smallest absolute Gasteiger partial charge is 0.229 e. The van der Waals surface area contributed by atoms with Gasteiger partial charge in [0.15, 0.2) is 0 Å². The fraction of sp³-hybridized carbons (Fsp3) is 0.444. The van der Waals surface area contributed by atoms with Crippen LogP contribution in [-0.2, 0) is 11.2 Å². The van der Waals surface area contributed by atoms with Crippen molar-refractivity contribution >= 4 is 11.7 Å². The van der Waals surface area contributed by atoms with E-state index >= 15 is 0 Å². The molecule has 1 fully saturated rings. The highest BCUT2D eigenvalue weighted by molar-refractivity contribution is 5.91. The van der Waals surface area contributed by atoms with Gasteiger partial charge in [-0.3, -0.25) is 4.79 Å². The maximum atomic E-state index is 12.3. The molecule has 1 saturated carbocycles. The first-order valence-corrected chi connectivity index (χ1v) is 8.12. The molecule has 4 nitrogen and oxygen atoms in total. The van der Waals surface area contributed by atoms with Crippen LogP contribution in [0.3, 0.4) is 0 Å². The lowest BCUT2D eigenvalue weighted by molar-refractivity contribution is -0.115. The molecule has 0 unspecified atom stereocenters. The quantitative estimate of drug-likeness (QED) is 0.931. The van der Waals surface area contributed by atoms with E-state index in [1.807, 2.05) is 41.9 Å². The van der Waals surface area contributed by atoms with Crippen molar-refractivity contribution in [2.24, 2.45) is 0 Å². The van der Waals surface area contributed by atoms with Crippen LogP contribution in [0.4, 0.5) is 5.82 Å². The molecule has 1 aromatic carbocycles. The minimum absolute atomic E-state index is 0.0202. The van der Waals surface area contributed by atoms with Crippen LogP contribution in [0.5, 0.6) is 0 Å². The van der Waals surface area contributed by atoms with Gasteiger partial charge in [0.2, 0.25) is 5.91 Å². The number of carbonyl (C=O) groups is 1. The first-order valence-electron chi connectivity index (χ1n) is 8.12. The summed E-state index contributed by atoms with van der Waals surface area (Å²) in [6, 6.07) is 10.3. The number of hydrogen-bond donors (Lipinski definition) is 1. The molecule has 3 rings (SSSR count). The van der Waals surface area contributed by atoms with Crippen LogP contribution < -0.4 is 5.32 Å². The number of aryl methyl sites for hydroxylation is 1. The Morgan fingerprint density at radius 1 is 1.23 bits per heavy atom. The molecular formula is C18H23N3O. The molecule has 1 amide bonds. The number of nitrogens with zero attached hydrogens (tertiary/aromatic N) is 2. The average molecular weight is 297 g/mol. The van der Waals surface area contributed by atoms with Gasteiger partial charge in [-0.2, -0.15) is 5.10 Å². The predicted octanol–water partition coefficient (Wildman–Crippen LogP) is 3.88. The third kappa shape index (κ3) is 3.38. The molecule has 0 spiro atoms. The molecule has 1 aromatic heterocycles. The number of nitrogens with one attached hydrogen (secondary N) is 1. The van der Waals surface area contributed by atoms with E-state index in [1.165, 1.54) is 19.3 Å². The molecule has 1 N–H and O–H groups in total. The van der Waals surface area contributed by atoms with Gasteiger partial charge in [0.1, 0.15) is 5.82 Å². The standard InChI is InChI=1S/C18H23N3O/c1-14-7-5-6-8-15(14)13-18(22)20-17-11-12-19-21(17)16-9-3-2-4-10-16/h5-8,11-12,16H,2-4,9-10,13H2,1H3,(H,20,22). The zero-order valence-corrected chi connectivity index (χ0v) is 13.1. The molecule has 2 aromatic rings. The molecule has 22 heavy (non-hydrogen) atoms. The van der Waals surface area contributed by atoms with Crippen molar-refractivity contribution in [3.63, 3.8) is 0 Å². The predicted molar refractivity (Wildman–Crippen MR) is 87.9 cm³/mol. The van der Waals surface area contributed by atoms with E-state index in [0.29, 0.717) is 12.5 Å². The summed E-state index contributed by atoms with van der Waals surface area (Å²) in [6.45, 7) is 2.04. The van der Waals surface area contributed by atoms with Crippen LogP contribution in [0, 0.1) is 6.92 Å². The minimum Gasteiger partial charge on any atom is -0.311 e. The summed E-state index contributed by atoms with van der Waals surface area (Å²) in [6.07, 6.45) is 8.31. The lowest BCUT2D eigenvalue weighted by Crippen LogP contribution is -2.21. The number of aromatic nitrogens is 2. The summed E-state index contributed by atoms with van der Waals surface area (Å²) in [4.78, 5) is 12.3. The summed E-state index contributed by atoms with van der Waals surface area (Å²) in [5.41, 5.74) is 2.22. The Morgan fingerprint density at radius 3 is 2.77 bits per heavy atom. The van der Waals surface area contributed by atoms with E-state index < -0.39 is 0 Å². The molecule has 1 heterocycles. The fourth-order valence-electron chi connectivity index (χ4n) is 3.20. The molecule has 1 aliphatic rings. The lowest BCUT2D eigenvalue weighted by atomic mass is 9.96. The monoisotopic (exact) mass is 297 g/mol. The topological polar surface area (TPSA) is 46.9 Å². The van der Waals surface area contributed by atoms with Crippen LogP contribution >= 0.6 is 0 Å². The Hall–Kier alpha value is -2.10. The third-order valence-electron chi connectivity index (χ3n) is 4.47. The summed E-state index contributed by atoms with van der Waals surface area (Å²) in [5, 5.41) is 7.44. The van der Waals surface area contributed by atoms with E-state index in [0.717, 1.165) is 29.8 Å². The second-order valence-electron chi connectivity index (χ2n) is 6.10. The van der Waals surface area contributed by atoms with Crippen molar-refractivity contribution in [3.8, 4) is 0 Å². The zero-order chi connectivity index (χ0) is 15.4. The largest absolute Gasteiger partial charge is 0.311 e.